The van der Waals surface area contributed by atoms with Gasteiger partial charge in [-0.3, -0.25) is 9.30 Å². The zero-order valence-corrected chi connectivity index (χ0v) is 18.7. The molecule has 0 amide bonds. The van der Waals surface area contributed by atoms with E-state index in [4.69, 9.17) is 15.5 Å². The van der Waals surface area contributed by atoms with E-state index in [9.17, 15) is 4.39 Å². The predicted molar refractivity (Wildman–Crippen MR) is 124 cm³/mol. The Labute approximate surface area is 191 Å². The first-order chi connectivity index (χ1) is 16.0. The van der Waals surface area contributed by atoms with Gasteiger partial charge in [0.25, 0.3) is 0 Å². The molecule has 1 atom stereocenters. The first kappa shape index (κ1) is 20.7. The number of aromatic nitrogens is 4. The average Bonchev–Trinajstić information content (AvgIpc) is 3.27. The minimum Gasteiger partial charge on any atom is -0.384 e. The van der Waals surface area contributed by atoms with Crippen LogP contribution in [0.5, 0.6) is 0 Å². The minimum absolute atomic E-state index is 0.189. The Morgan fingerprint density at radius 1 is 1.18 bits per heavy atom. The lowest BCUT2D eigenvalue weighted by molar-refractivity contribution is 0.170. The SMILES string of the molecule is COCC1(c2cc3nc(-c4nnc5ccc(CN6CCC(N)C6)cn45)ccc3cc2F)CC1. The van der Waals surface area contributed by atoms with Crippen LogP contribution in [-0.4, -0.2) is 57.3 Å². The Balaban J connectivity index is 1.38. The molecule has 1 unspecified atom stereocenters. The summed E-state index contributed by atoms with van der Waals surface area (Å²) in [4.78, 5) is 7.23. The zero-order chi connectivity index (χ0) is 22.6. The summed E-state index contributed by atoms with van der Waals surface area (Å²) in [7, 11) is 1.66. The van der Waals surface area contributed by atoms with Gasteiger partial charge in [0.15, 0.2) is 11.5 Å². The monoisotopic (exact) mass is 446 g/mol. The summed E-state index contributed by atoms with van der Waals surface area (Å²) in [5, 5.41) is 9.51. The van der Waals surface area contributed by atoms with Crippen LogP contribution in [-0.2, 0) is 16.7 Å². The van der Waals surface area contributed by atoms with Crippen molar-refractivity contribution in [1.82, 2.24) is 24.5 Å². The van der Waals surface area contributed by atoms with Crippen LogP contribution in [0, 0.1) is 5.82 Å². The van der Waals surface area contributed by atoms with E-state index in [0.29, 0.717) is 23.7 Å². The summed E-state index contributed by atoms with van der Waals surface area (Å²) in [5.41, 5.74) is 9.95. The molecule has 1 aliphatic carbocycles. The fraction of sp³-hybridized carbons (Fsp3) is 0.400. The predicted octanol–water partition coefficient (Wildman–Crippen LogP) is 3.29. The summed E-state index contributed by atoms with van der Waals surface area (Å²) < 4.78 is 22.2. The second-order valence-corrected chi connectivity index (χ2v) is 9.51. The van der Waals surface area contributed by atoms with Gasteiger partial charge in [0.2, 0.25) is 0 Å². The van der Waals surface area contributed by atoms with Gasteiger partial charge in [-0.05, 0) is 54.7 Å². The molecule has 6 rings (SSSR count). The number of fused-ring (bicyclic) bond motifs is 2. The molecule has 0 spiro atoms. The molecular formula is C25H27FN6O. The Bertz CT molecular complexity index is 1350. The number of hydrogen-bond donors (Lipinski definition) is 1. The van der Waals surface area contributed by atoms with E-state index in [2.05, 4.69) is 27.4 Å². The summed E-state index contributed by atoms with van der Waals surface area (Å²) in [6, 6.07) is 11.6. The Morgan fingerprint density at radius 2 is 2.06 bits per heavy atom. The topological polar surface area (TPSA) is 81.6 Å². The molecule has 2 aliphatic rings. The van der Waals surface area contributed by atoms with Crippen molar-refractivity contribution in [3.63, 3.8) is 0 Å². The summed E-state index contributed by atoms with van der Waals surface area (Å²) >= 11 is 0. The van der Waals surface area contributed by atoms with Crippen LogP contribution in [0.1, 0.15) is 30.4 Å². The second-order valence-electron chi connectivity index (χ2n) is 9.51. The number of methoxy groups -OCH3 is 1. The number of rotatable bonds is 6. The lowest BCUT2D eigenvalue weighted by Gasteiger charge is -2.16. The highest BCUT2D eigenvalue weighted by atomic mass is 19.1. The maximum atomic E-state index is 14.9. The van der Waals surface area contributed by atoms with Crippen molar-refractivity contribution >= 4 is 16.6 Å². The number of halogens is 1. The number of benzene rings is 1. The Morgan fingerprint density at radius 3 is 2.82 bits per heavy atom. The lowest BCUT2D eigenvalue weighted by Crippen LogP contribution is -2.26. The molecule has 33 heavy (non-hydrogen) atoms. The fourth-order valence-corrected chi connectivity index (χ4v) is 5.06. The third-order valence-corrected chi connectivity index (χ3v) is 7.03. The maximum Gasteiger partial charge on any atom is 0.187 e. The summed E-state index contributed by atoms with van der Waals surface area (Å²) in [6.07, 6.45) is 4.98. The molecule has 1 saturated heterocycles. The van der Waals surface area contributed by atoms with Gasteiger partial charge < -0.3 is 10.5 Å². The van der Waals surface area contributed by atoms with Gasteiger partial charge in [0, 0.05) is 49.8 Å². The molecule has 2 N–H and O–H groups in total. The van der Waals surface area contributed by atoms with Crippen molar-refractivity contribution in [1.29, 1.82) is 0 Å². The molecule has 2 fully saturated rings. The summed E-state index contributed by atoms with van der Waals surface area (Å²) in [6.45, 7) is 3.30. The van der Waals surface area contributed by atoms with Crippen molar-refractivity contribution in [3.05, 3.63) is 59.5 Å². The Hall–Kier alpha value is -2.94. The minimum atomic E-state index is -0.223. The smallest absolute Gasteiger partial charge is 0.187 e. The zero-order valence-electron chi connectivity index (χ0n) is 18.7. The molecule has 0 radical (unpaired) electrons. The third-order valence-electron chi connectivity index (χ3n) is 7.03. The molecule has 4 aromatic rings. The van der Waals surface area contributed by atoms with Gasteiger partial charge in [-0.15, -0.1) is 10.2 Å². The number of nitrogens with two attached hydrogens (primary N) is 1. The molecule has 7 nitrogen and oxygen atoms in total. The van der Waals surface area contributed by atoms with Crippen molar-refractivity contribution in [2.75, 3.05) is 26.8 Å². The van der Waals surface area contributed by atoms with Crippen molar-refractivity contribution < 1.29 is 9.13 Å². The lowest BCUT2D eigenvalue weighted by atomic mass is 9.95. The van der Waals surface area contributed by atoms with Gasteiger partial charge >= 0.3 is 0 Å². The molecule has 1 saturated carbocycles. The van der Waals surface area contributed by atoms with Crippen LogP contribution in [0.15, 0.2) is 42.6 Å². The molecule has 1 aromatic carbocycles. The van der Waals surface area contributed by atoms with Gasteiger partial charge in [-0.2, -0.15) is 0 Å². The molecule has 8 heteroatoms. The van der Waals surface area contributed by atoms with Crippen LogP contribution in [0.2, 0.25) is 0 Å². The number of nitrogens with zero attached hydrogens (tertiary/aromatic N) is 5. The van der Waals surface area contributed by atoms with Crippen LogP contribution in [0.3, 0.4) is 0 Å². The first-order valence-corrected chi connectivity index (χ1v) is 11.5. The van der Waals surface area contributed by atoms with Crippen molar-refractivity contribution in [2.45, 2.75) is 37.3 Å². The van der Waals surface area contributed by atoms with E-state index < -0.39 is 0 Å². The van der Waals surface area contributed by atoms with Crippen LogP contribution in [0.4, 0.5) is 4.39 Å². The highest BCUT2D eigenvalue weighted by Crippen LogP contribution is 2.49. The highest BCUT2D eigenvalue weighted by molar-refractivity contribution is 5.82. The van der Waals surface area contributed by atoms with E-state index in [1.165, 1.54) is 5.56 Å². The van der Waals surface area contributed by atoms with Gasteiger partial charge in [0.05, 0.1) is 12.1 Å². The molecule has 3 aromatic heterocycles. The van der Waals surface area contributed by atoms with Gasteiger partial charge in [-0.1, -0.05) is 12.1 Å². The van der Waals surface area contributed by atoms with E-state index in [1.807, 2.05) is 28.7 Å². The molecular weight excluding hydrogens is 419 g/mol. The quantitative estimate of drug-likeness (QED) is 0.490. The first-order valence-electron chi connectivity index (χ1n) is 11.5. The fourth-order valence-electron chi connectivity index (χ4n) is 5.06. The number of hydrogen-bond acceptors (Lipinski definition) is 6. The van der Waals surface area contributed by atoms with E-state index in [0.717, 1.165) is 55.4 Å². The summed E-state index contributed by atoms with van der Waals surface area (Å²) in [5.74, 6) is 0.488. The number of ether oxygens (including phenoxy) is 1. The largest absolute Gasteiger partial charge is 0.384 e. The molecule has 4 heterocycles. The van der Waals surface area contributed by atoms with E-state index in [-0.39, 0.29) is 17.3 Å². The third kappa shape index (κ3) is 3.68. The van der Waals surface area contributed by atoms with Crippen molar-refractivity contribution in [2.24, 2.45) is 5.73 Å². The van der Waals surface area contributed by atoms with Crippen molar-refractivity contribution in [3.8, 4) is 11.5 Å². The molecule has 170 valence electrons. The maximum absolute atomic E-state index is 14.9. The number of likely N-dealkylation sites (tertiary alicyclic amines) is 1. The molecule has 0 bridgehead atoms. The van der Waals surface area contributed by atoms with Crippen LogP contribution in [0.25, 0.3) is 28.1 Å². The van der Waals surface area contributed by atoms with Crippen LogP contribution < -0.4 is 5.73 Å². The normalized spacial score (nSPS) is 20.2. The van der Waals surface area contributed by atoms with E-state index in [1.54, 1.807) is 13.2 Å². The van der Waals surface area contributed by atoms with Crippen LogP contribution >= 0.6 is 0 Å². The standard InChI is InChI=1S/C25H27FN6O/c1-33-15-25(7-8-25)19-11-22-17(10-20(19)26)3-4-21(28-22)24-30-29-23-5-2-16(13-32(23)24)12-31-9-6-18(27)14-31/h2-5,10-11,13,18H,6-9,12,14-15,27H2,1H3. The Kier molecular flexibility index (Phi) is 4.90. The van der Waals surface area contributed by atoms with E-state index >= 15 is 0 Å². The van der Waals surface area contributed by atoms with Gasteiger partial charge in [-0.25, -0.2) is 9.37 Å². The second kappa shape index (κ2) is 7.83. The molecule has 1 aliphatic heterocycles. The number of pyridine rings is 2. The average molecular weight is 447 g/mol. The van der Waals surface area contributed by atoms with Gasteiger partial charge in [0.1, 0.15) is 11.5 Å². The highest BCUT2D eigenvalue weighted by Gasteiger charge is 2.46.